The molecule has 1 aromatic rings. The summed E-state index contributed by atoms with van der Waals surface area (Å²) in [5.74, 6) is -0.0278. The Hall–Kier alpha value is -0.920. The van der Waals surface area contributed by atoms with Gasteiger partial charge in [-0.15, -0.1) is 0 Å². The van der Waals surface area contributed by atoms with Crippen LogP contribution in [0.15, 0.2) is 29.2 Å². The lowest BCUT2D eigenvalue weighted by molar-refractivity contribution is 0.394. The Labute approximate surface area is 114 Å². The topological polar surface area (TPSA) is 71.5 Å². The molecular weight excluding hydrogens is 286 g/mol. The first kappa shape index (κ1) is 14.5. The van der Waals surface area contributed by atoms with E-state index >= 15 is 0 Å². The van der Waals surface area contributed by atoms with Gasteiger partial charge in [-0.1, -0.05) is 17.7 Å². The second kappa shape index (κ2) is 4.88. The van der Waals surface area contributed by atoms with Crippen molar-refractivity contribution < 1.29 is 16.8 Å². The van der Waals surface area contributed by atoms with Crippen LogP contribution in [0, 0.1) is 6.92 Å². The van der Waals surface area contributed by atoms with Crippen LogP contribution in [-0.2, 0) is 19.9 Å². The van der Waals surface area contributed by atoms with Gasteiger partial charge in [0.1, 0.15) is 0 Å². The predicted octanol–water partition coefficient (Wildman–Crippen LogP) is 0.803. The zero-order valence-electron chi connectivity index (χ0n) is 10.9. The molecule has 2 rings (SSSR count). The smallest absolute Gasteiger partial charge is 0.229 e. The maximum absolute atomic E-state index is 12.4. The van der Waals surface area contributed by atoms with Crippen molar-refractivity contribution in [2.75, 3.05) is 18.6 Å². The minimum atomic E-state index is -3.62. The molecule has 106 valence electrons. The predicted molar refractivity (Wildman–Crippen MR) is 73.2 cm³/mol. The number of benzene rings is 1. The maximum atomic E-state index is 12.4. The minimum absolute atomic E-state index is 0.0609. The van der Waals surface area contributed by atoms with E-state index in [1.54, 1.807) is 24.3 Å². The molecule has 7 heteroatoms. The number of rotatable bonds is 3. The van der Waals surface area contributed by atoms with Gasteiger partial charge in [-0.25, -0.2) is 16.8 Å². The number of aryl methyl sites for hydroxylation is 1. The van der Waals surface area contributed by atoms with Gasteiger partial charge in [0.15, 0.2) is 9.84 Å². The van der Waals surface area contributed by atoms with Crippen molar-refractivity contribution in [2.45, 2.75) is 24.3 Å². The first-order valence-electron chi connectivity index (χ1n) is 5.97. The molecule has 1 saturated heterocycles. The van der Waals surface area contributed by atoms with E-state index in [2.05, 4.69) is 0 Å². The van der Waals surface area contributed by atoms with Gasteiger partial charge in [-0.05, 0) is 25.5 Å². The molecule has 1 fully saturated rings. The van der Waals surface area contributed by atoms with Crippen LogP contribution in [0.1, 0.15) is 12.0 Å². The number of nitrogens with zero attached hydrogens (tertiary/aromatic N) is 1. The van der Waals surface area contributed by atoms with Crippen molar-refractivity contribution >= 4 is 19.9 Å². The third kappa shape index (κ3) is 2.98. The Morgan fingerprint density at radius 1 is 1.21 bits per heavy atom. The summed E-state index contributed by atoms with van der Waals surface area (Å²) in [6.45, 7) is 1.88. The third-order valence-electron chi connectivity index (χ3n) is 3.42. The third-order valence-corrected chi connectivity index (χ3v) is 7.10. The van der Waals surface area contributed by atoms with E-state index in [1.807, 2.05) is 6.92 Å². The van der Waals surface area contributed by atoms with Gasteiger partial charge < -0.3 is 0 Å². The normalized spacial score (nSPS) is 22.8. The van der Waals surface area contributed by atoms with Gasteiger partial charge in [-0.2, -0.15) is 4.31 Å². The summed E-state index contributed by atoms with van der Waals surface area (Å²) in [7, 11) is -5.27. The van der Waals surface area contributed by atoms with Crippen molar-refractivity contribution in [1.82, 2.24) is 4.31 Å². The fourth-order valence-electron chi connectivity index (χ4n) is 2.13. The molecule has 1 aromatic carbocycles. The van der Waals surface area contributed by atoms with Crippen LogP contribution >= 0.6 is 0 Å². The quantitative estimate of drug-likeness (QED) is 0.828. The van der Waals surface area contributed by atoms with Gasteiger partial charge in [0.25, 0.3) is 0 Å². The highest BCUT2D eigenvalue weighted by Gasteiger charge is 2.36. The summed E-state index contributed by atoms with van der Waals surface area (Å²) < 4.78 is 48.8. The molecule has 0 aliphatic carbocycles. The SMILES string of the molecule is Cc1ccc(S(=O)(=O)N(C)C2CCS(=O)(=O)C2)cc1. The molecule has 0 amide bonds. The van der Waals surface area contributed by atoms with Crippen LogP contribution in [0.5, 0.6) is 0 Å². The Bertz CT molecular complexity index is 662. The molecule has 0 saturated carbocycles. The maximum Gasteiger partial charge on any atom is 0.243 e. The molecule has 0 N–H and O–H groups in total. The van der Waals surface area contributed by atoms with Gasteiger partial charge in [-0.3, -0.25) is 0 Å². The lowest BCUT2D eigenvalue weighted by Gasteiger charge is -2.22. The van der Waals surface area contributed by atoms with Crippen LogP contribution in [0.25, 0.3) is 0 Å². The molecular formula is C12H17NO4S2. The number of sulfone groups is 1. The second-order valence-electron chi connectivity index (χ2n) is 4.89. The summed E-state index contributed by atoms with van der Waals surface area (Å²) in [6.07, 6.45) is 0.365. The molecule has 0 aromatic heterocycles. The summed E-state index contributed by atoms with van der Waals surface area (Å²) >= 11 is 0. The first-order chi connectivity index (χ1) is 8.72. The average Bonchev–Trinajstić information content (AvgIpc) is 2.69. The molecule has 1 unspecified atom stereocenters. The fraction of sp³-hybridized carbons (Fsp3) is 0.500. The van der Waals surface area contributed by atoms with Crippen molar-refractivity contribution in [1.29, 1.82) is 0 Å². The standard InChI is InChI=1S/C12H17NO4S2/c1-10-3-5-12(6-4-10)19(16,17)13(2)11-7-8-18(14,15)9-11/h3-6,11H,7-9H2,1-2H3. The largest absolute Gasteiger partial charge is 0.243 e. The second-order valence-corrected chi connectivity index (χ2v) is 9.12. The number of sulfonamides is 1. The van der Waals surface area contributed by atoms with Gasteiger partial charge in [0, 0.05) is 13.1 Å². The lowest BCUT2D eigenvalue weighted by Crippen LogP contribution is -2.37. The molecule has 1 atom stereocenters. The Balaban J connectivity index is 2.27. The molecule has 1 aliphatic heterocycles. The van der Waals surface area contributed by atoms with Gasteiger partial charge in [0.2, 0.25) is 10.0 Å². The van der Waals surface area contributed by atoms with E-state index < -0.39 is 25.9 Å². The average molecular weight is 303 g/mol. The van der Waals surface area contributed by atoms with Crippen LogP contribution < -0.4 is 0 Å². The Morgan fingerprint density at radius 3 is 2.26 bits per heavy atom. The molecule has 1 aliphatic rings. The molecule has 1 heterocycles. The van der Waals surface area contributed by atoms with Crippen molar-refractivity contribution in [3.05, 3.63) is 29.8 Å². The van der Waals surface area contributed by atoms with E-state index in [0.717, 1.165) is 5.56 Å². The van der Waals surface area contributed by atoms with Crippen LogP contribution in [0.3, 0.4) is 0 Å². The zero-order valence-corrected chi connectivity index (χ0v) is 12.5. The van der Waals surface area contributed by atoms with E-state index in [4.69, 9.17) is 0 Å². The summed E-state index contributed by atoms with van der Waals surface area (Å²) in [6, 6.07) is 6.09. The van der Waals surface area contributed by atoms with Crippen LogP contribution in [-0.4, -0.2) is 45.7 Å². The number of hydrogen-bond donors (Lipinski definition) is 0. The van der Waals surface area contributed by atoms with Gasteiger partial charge in [0.05, 0.1) is 16.4 Å². The van der Waals surface area contributed by atoms with E-state index in [9.17, 15) is 16.8 Å². The van der Waals surface area contributed by atoms with Crippen molar-refractivity contribution in [2.24, 2.45) is 0 Å². The zero-order chi connectivity index (χ0) is 14.3. The lowest BCUT2D eigenvalue weighted by atomic mass is 10.2. The minimum Gasteiger partial charge on any atom is -0.229 e. The highest BCUT2D eigenvalue weighted by Crippen LogP contribution is 2.23. The fourth-order valence-corrected chi connectivity index (χ4v) is 5.39. The molecule has 0 spiro atoms. The van der Waals surface area contributed by atoms with Crippen molar-refractivity contribution in [3.63, 3.8) is 0 Å². The highest BCUT2D eigenvalue weighted by atomic mass is 32.2. The molecule has 0 bridgehead atoms. The monoisotopic (exact) mass is 303 g/mol. The molecule has 5 nitrogen and oxygen atoms in total. The van der Waals surface area contributed by atoms with E-state index in [0.29, 0.717) is 6.42 Å². The Morgan fingerprint density at radius 2 is 1.79 bits per heavy atom. The molecule has 0 radical (unpaired) electrons. The Kier molecular flexibility index (Phi) is 3.72. The van der Waals surface area contributed by atoms with E-state index in [1.165, 1.54) is 11.4 Å². The first-order valence-corrected chi connectivity index (χ1v) is 9.24. The van der Waals surface area contributed by atoms with Gasteiger partial charge >= 0.3 is 0 Å². The number of hydrogen-bond acceptors (Lipinski definition) is 4. The van der Waals surface area contributed by atoms with Crippen molar-refractivity contribution in [3.8, 4) is 0 Å². The van der Waals surface area contributed by atoms with Crippen LogP contribution in [0.2, 0.25) is 0 Å². The van der Waals surface area contributed by atoms with Crippen LogP contribution in [0.4, 0.5) is 0 Å². The summed E-state index contributed by atoms with van der Waals surface area (Å²) in [5.41, 5.74) is 0.977. The highest BCUT2D eigenvalue weighted by molar-refractivity contribution is 7.92. The molecule has 19 heavy (non-hydrogen) atoms. The summed E-state index contributed by atoms with van der Waals surface area (Å²) in [4.78, 5) is 0.199. The summed E-state index contributed by atoms with van der Waals surface area (Å²) in [5, 5.41) is 0. The van der Waals surface area contributed by atoms with E-state index in [-0.39, 0.29) is 16.4 Å².